The minimum Gasteiger partial charge on any atom is -0.481 e. The molecule has 1 aromatic carbocycles. The molecule has 0 spiro atoms. The van der Waals surface area contributed by atoms with E-state index < -0.39 is 10.9 Å². The van der Waals surface area contributed by atoms with Crippen LogP contribution >= 0.6 is 0 Å². The van der Waals surface area contributed by atoms with E-state index in [-0.39, 0.29) is 30.0 Å². The standard InChI is InChI=1S/C11H12N2O5/c1-7(14)12-9-3-4-10(13(17)18)8(6-9)2-5-11(15)16/h3-4,6H,2,5H2,1H3,(H,12,14)(H,15,16). The van der Waals surface area contributed by atoms with Gasteiger partial charge in [-0.2, -0.15) is 0 Å². The summed E-state index contributed by atoms with van der Waals surface area (Å²) in [7, 11) is 0. The molecule has 0 aliphatic rings. The Morgan fingerprint density at radius 2 is 2.11 bits per heavy atom. The number of hydrogen-bond donors (Lipinski definition) is 2. The lowest BCUT2D eigenvalue weighted by Crippen LogP contribution is -2.07. The van der Waals surface area contributed by atoms with Gasteiger partial charge in [-0.05, 0) is 18.6 Å². The minimum atomic E-state index is -1.03. The number of nitrogens with one attached hydrogen (secondary N) is 1. The summed E-state index contributed by atoms with van der Waals surface area (Å²) < 4.78 is 0. The van der Waals surface area contributed by atoms with Crippen LogP contribution in [0.15, 0.2) is 18.2 Å². The summed E-state index contributed by atoms with van der Waals surface area (Å²) in [6, 6.07) is 4.08. The molecule has 0 aromatic heterocycles. The molecule has 0 bridgehead atoms. The lowest BCUT2D eigenvalue weighted by Gasteiger charge is -2.06. The van der Waals surface area contributed by atoms with Crippen LogP contribution in [0.1, 0.15) is 18.9 Å². The molecule has 0 radical (unpaired) electrons. The second-order valence-corrected chi connectivity index (χ2v) is 3.68. The molecule has 0 unspecified atom stereocenters. The number of rotatable bonds is 5. The second-order valence-electron chi connectivity index (χ2n) is 3.68. The molecule has 0 aliphatic carbocycles. The van der Waals surface area contributed by atoms with Gasteiger partial charge in [-0.3, -0.25) is 19.7 Å². The van der Waals surface area contributed by atoms with E-state index in [1.807, 2.05) is 0 Å². The molecule has 0 saturated heterocycles. The molecule has 7 nitrogen and oxygen atoms in total. The summed E-state index contributed by atoms with van der Waals surface area (Å²) in [4.78, 5) is 31.5. The predicted octanol–water partition coefficient (Wildman–Crippen LogP) is 1.57. The Balaban J connectivity index is 3.03. The molecule has 1 amide bonds. The van der Waals surface area contributed by atoms with Crippen LogP contribution in [0.25, 0.3) is 0 Å². The van der Waals surface area contributed by atoms with Crippen molar-refractivity contribution in [2.75, 3.05) is 5.32 Å². The highest BCUT2D eigenvalue weighted by molar-refractivity contribution is 5.89. The van der Waals surface area contributed by atoms with Gasteiger partial charge in [-0.1, -0.05) is 0 Å². The fourth-order valence-corrected chi connectivity index (χ4v) is 1.49. The number of nitro benzene ring substituents is 1. The Hall–Kier alpha value is -2.44. The van der Waals surface area contributed by atoms with Crippen LogP contribution in [0.3, 0.4) is 0 Å². The van der Waals surface area contributed by atoms with E-state index >= 15 is 0 Å². The van der Waals surface area contributed by atoms with Crippen molar-refractivity contribution in [3.05, 3.63) is 33.9 Å². The van der Waals surface area contributed by atoms with Crippen molar-refractivity contribution in [2.45, 2.75) is 19.8 Å². The Morgan fingerprint density at radius 3 is 2.61 bits per heavy atom. The summed E-state index contributed by atoms with van der Waals surface area (Å²) in [5.41, 5.74) is 0.549. The average Bonchev–Trinajstić information content (AvgIpc) is 2.25. The molecule has 2 N–H and O–H groups in total. The van der Waals surface area contributed by atoms with Crippen molar-refractivity contribution in [3.8, 4) is 0 Å². The summed E-state index contributed by atoms with van der Waals surface area (Å²) in [6.45, 7) is 1.32. The highest BCUT2D eigenvalue weighted by Gasteiger charge is 2.15. The fourth-order valence-electron chi connectivity index (χ4n) is 1.49. The highest BCUT2D eigenvalue weighted by atomic mass is 16.6. The Kier molecular flexibility index (Phi) is 4.36. The fraction of sp³-hybridized carbons (Fsp3) is 0.273. The molecule has 96 valence electrons. The zero-order chi connectivity index (χ0) is 13.7. The summed E-state index contributed by atoms with van der Waals surface area (Å²) in [5.74, 6) is -1.33. The Bertz CT molecular complexity index is 498. The van der Waals surface area contributed by atoms with Gasteiger partial charge in [0.15, 0.2) is 0 Å². The van der Waals surface area contributed by atoms with E-state index in [1.54, 1.807) is 0 Å². The van der Waals surface area contributed by atoms with Crippen molar-refractivity contribution >= 4 is 23.3 Å². The molecule has 0 atom stereocenters. The van der Waals surface area contributed by atoms with Crippen LogP contribution in [0.2, 0.25) is 0 Å². The number of anilines is 1. The van der Waals surface area contributed by atoms with Crippen LogP contribution in [-0.4, -0.2) is 21.9 Å². The topological polar surface area (TPSA) is 110 Å². The predicted molar refractivity (Wildman–Crippen MR) is 63.4 cm³/mol. The van der Waals surface area contributed by atoms with Gasteiger partial charge in [0.1, 0.15) is 0 Å². The first-order valence-electron chi connectivity index (χ1n) is 5.17. The molecule has 7 heteroatoms. The van der Waals surface area contributed by atoms with E-state index in [0.717, 1.165) is 0 Å². The maximum atomic E-state index is 10.9. The molecule has 0 saturated carbocycles. The number of carboxylic acid groups (broad SMARTS) is 1. The van der Waals surface area contributed by atoms with Gasteiger partial charge < -0.3 is 10.4 Å². The van der Waals surface area contributed by atoms with Gasteiger partial charge in [0.25, 0.3) is 5.69 Å². The number of amides is 1. The summed E-state index contributed by atoms with van der Waals surface area (Å²) in [6.07, 6.45) is -0.163. The maximum Gasteiger partial charge on any atom is 0.303 e. The SMILES string of the molecule is CC(=O)Nc1ccc([N+](=O)[O-])c(CCC(=O)O)c1. The molecule has 1 aromatic rings. The number of hydrogen-bond acceptors (Lipinski definition) is 4. The van der Waals surface area contributed by atoms with Gasteiger partial charge in [-0.15, -0.1) is 0 Å². The monoisotopic (exact) mass is 252 g/mol. The Morgan fingerprint density at radius 1 is 1.44 bits per heavy atom. The van der Waals surface area contributed by atoms with Gasteiger partial charge >= 0.3 is 5.97 Å². The smallest absolute Gasteiger partial charge is 0.303 e. The molecule has 0 aliphatic heterocycles. The molecule has 1 rings (SSSR count). The van der Waals surface area contributed by atoms with Crippen LogP contribution in [0.4, 0.5) is 11.4 Å². The number of carbonyl (C=O) groups excluding carboxylic acids is 1. The zero-order valence-corrected chi connectivity index (χ0v) is 9.67. The zero-order valence-electron chi connectivity index (χ0n) is 9.67. The highest BCUT2D eigenvalue weighted by Crippen LogP contribution is 2.24. The second kappa shape index (κ2) is 5.76. The average molecular weight is 252 g/mol. The van der Waals surface area contributed by atoms with E-state index in [2.05, 4.69) is 5.32 Å². The normalized spacial score (nSPS) is 9.83. The third kappa shape index (κ3) is 3.85. The van der Waals surface area contributed by atoms with Crippen molar-refractivity contribution in [2.24, 2.45) is 0 Å². The Labute approximate surface area is 103 Å². The minimum absolute atomic E-state index is 0.0407. The lowest BCUT2D eigenvalue weighted by molar-refractivity contribution is -0.385. The number of nitrogens with zero attached hydrogens (tertiary/aromatic N) is 1. The van der Waals surface area contributed by atoms with E-state index in [9.17, 15) is 19.7 Å². The third-order valence-corrected chi connectivity index (χ3v) is 2.20. The van der Waals surface area contributed by atoms with Crippen LogP contribution in [0, 0.1) is 10.1 Å². The molecule has 0 fully saturated rings. The number of carboxylic acids is 1. The van der Waals surface area contributed by atoms with Gasteiger partial charge in [-0.25, -0.2) is 0 Å². The van der Waals surface area contributed by atoms with E-state index in [1.165, 1.54) is 25.1 Å². The quantitative estimate of drug-likeness (QED) is 0.610. The van der Waals surface area contributed by atoms with Gasteiger partial charge in [0, 0.05) is 30.7 Å². The third-order valence-electron chi connectivity index (χ3n) is 2.20. The van der Waals surface area contributed by atoms with Crippen molar-refractivity contribution < 1.29 is 19.6 Å². The lowest BCUT2D eigenvalue weighted by atomic mass is 10.1. The van der Waals surface area contributed by atoms with Gasteiger partial charge in [0.05, 0.1) is 4.92 Å². The maximum absolute atomic E-state index is 10.9. The first-order valence-corrected chi connectivity index (χ1v) is 5.17. The van der Waals surface area contributed by atoms with Crippen molar-refractivity contribution in [1.29, 1.82) is 0 Å². The number of carbonyl (C=O) groups is 2. The van der Waals surface area contributed by atoms with E-state index in [4.69, 9.17) is 5.11 Å². The first kappa shape index (κ1) is 13.6. The number of nitro groups is 1. The van der Waals surface area contributed by atoms with Crippen LogP contribution in [0.5, 0.6) is 0 Å². The molecule has 18 heavy (non-hydrogen) atoms. The number of benzene rings is 1. The van der Waals surface area contributed by atoms with Crippen molar-refractivity contribution in [1.82, 2.24) is 0 Å². The molecular weight excluding hydrogens is 240 g/mol. The summed E-state index contributed by atoms with van der Waals surface area (Å²) in [5, 5.41) is 21.8. The van der Waals surface area contributed by atoms with Crippen LogP contribution < -0.4 is 5.32 Å². The van der Waals surface area contributed by atoms with Gasteiger partial charge in [0.2, 0.25) is 5.91 Å². The summed E-state index contributed by atoms with van der Waals surface area (Å²) >= 11 is 0. The van der Waals surface area contributed by atoms with Crippen molar-refractivity contribution in [3.63, 3.8) is 0 Å². The van der Waals surface area contributed by atoms with E-state index in [0.29, 0.717) is 5.69 Å². The largest absolute Gasteiger partial charge is 0.481 e. The molecule has 0 heterocycles. The number of aliphatic carboxylic acids is 1. The number of aryl methyl sites for hydroxylation is 1. The first-order chi connectivity index (χ1) is 8.40. The molecular formula is C11H12N2O5. The van der Waals surface area contributed by atoms with Crippen LogP contribution in [-0.2, 0) is 16.0 Å².